The predicted molar refractivity (Wildman–Crippen MR) is 79.3 cm³/mol. The summed E-state index contributed by atoms with van der Waals surface area (Å²) in [5.74, 6) is -0.352. The minimum absolute atomic E-state index is 0.316. The Morgan fingerprint density at radius 2 is 1.82 bits per heavy atom. The highest BCUT2D eigenvalue weighted by Crippen LogP contribution is 2.41. The van der Waals surface area contributed by atoms with Crippen LogP contribution in [0.5, 0.6) is 5.75 Å². The molecule has 0 spiro atoms. The van der Waals surface area contributed by atoms with Crippen molar-refractivity contribution in [2.24, 2.45) is 0 Å². The predicted octanol–water partition coefficient (Wildman–Crippen LogP) is 3.87. The summed E-state index contributed by atoms with van der Waals surface area (Å²) in [6, 6.07) is 9.34. The smallest absolute Gasteiger partial charge is 0.399 e. The molecule has 116 valence electrons. The zero-order chi connectivity index (χ0) is 16.1. The Morgan fingerprint density at radius 3 is 2.50 bits per heavy atom. The molecule has 2 aromatic carbocycles. The van der Waals surface area contributed by atoms with E-state index in [0.717, 1.165) is 21.4 Å². The number of anilines is 1. The molecule has 1 heterocycles. The third-order valence-corrected chi connectivity index (χ3v) is 5.13. The van der Waals surface area contributed by atoms with Gasteiger partial charge in [0.25, 0.3) is 0 Å². The lowest BCUT2D eigenvalue weighted by molar-refractivity contribution is -0.0499. The Labute approximate surface area is 127 Å². The Bertz CT molecular complexity index is 977. The molecule has 0 aliphatic rings. The molecule has 0 fully saturated rings. The molecule has 0 saturated heterocycles. The fraction of sp³-hybridized carbons (Fsp3) is 0.0769. The van der Waals surface area contributed by atoms with E-state index in [1.807, 2.05) is 0 Å². The van der Waals surface area contributed by atoms with Gasteiger partial charge in [0, 0.05) is 21.2 Å². The second-order valence-electron chi connectivity index (χ2n) is 4.47. The molecule has 2 N–H and O–H groups in total. The monoisotopic (exact) mass is 347 g/mol. The molecule has 0 aliphatic carbocycles. The van der Waals surface area contributed by atoms with Crippen molar-refractivity contribution < 1.29 is 25.8 Å². The molecule has 0 atom stereocenters. The van der Waals surface area contributed by atoms with Gasteiger partial charge in [-0.05, 0) is 24.3 Å². The number of halogens is 3. The first-order chi connectivity index (χ1) is 10.2. The summed E-state index contributed by atoms with van der Waals surface area (Å²) in [6.07, 6.45) is 0. The number of rotatable bonds is 2. The van der Waals surface area contributed by atoms with Crippen molar-refractivity contribution >= 4 is 47.3 Å². The minimum Gasteiger partial charge on any atom is -0.399 e. The lowest BCUT2D eigenvalue weighted by atomic mass is 10.1. The first kappa shape index (κ1) is 14.9. The quantitative estimate of drug-likeness (QED) is 0.434. The lowest BCUT2D eigenvalue weighted by Crippen LogP contribution is -2.28. The Morgan fingerprint density at radius 1 is 1.09 bits per heavy atom. The summed E-state index contributed by atoms with van der Waals surface area (Å²) in [7, 11) is -5.71. The van der Waals surface area contributed by atoms with E-state index < -0.39 is 15.6 Å². The van der Waals surface area contributed by atoms with Crippen molar-refractivity contribution in [2.75, 3.05) is 5.73 Å². The SMILES string of the molecule is Nc1ccc2sc3c(OS(=O)(=O)C(F)(F)F)cccc3c2c1. The van der Waals surface area contributed by atoms with Gasteiger partial charge in [0.1, 0.15) is 0 Å². The number of nitrogen functional groups attached to an aromatic ring is 1. The largest absolute Gasteiger partial charge is 0.534 e. The summed E-state index contributed by atoms with van der Waals surface area (Å²) in [6.45, 7) is 0. The van der Waals surface area contributed by atoms with Gasteiger partial charge in [-0.3, -0.25) is 0 Å². The normalized spacial score (nSPS) is 12.9. The number of benzene rings is 2. The third-order valence-electron chi connectivity index (χ3n) is 2.97. The van der Waals surface area contributed by atoms with Crippen LogP contribution in [-0.4, -0.2) is 13.9 Å². The maximum Gasteiger partial charge on any atom is 0.534 e. The highest BCUT2D eigenvalue weighted by Gasteiger charge is 2.48. The first-order valence-electron chi connectivity index (χ1n) is 5.90. The van der Waals surface area contributed by atoms with Gasteiger partial charge in [0.15, 0.2) is 5.75 Å². The van der Waals surface area contributed by atoms with Crippen LogP contribution in [0.3, 0.4) is 0 Å². The van der Waals surface area contributed by atoms with E-state index in [4.69, 9.17) is 5.73 Å². The van der Waals surface area contributed by atoms with E-state index in [0.29, 0.717) is 15.8 Å². The molecule has 0 saturated carbocycles. The van der Waals surface area contributed by atoms with E-state index in [9.17, 15) is 21.6 Å². The maximum atomic E-state index is 12.5. The first-order valence-corrected chi connectivity index (χ1v) is 8.13. The van der Waals surface area contributed by atoms with Gasteiger partial charge in [0.2, 0.25) is 0 Å². The number of thiophene rings is 1. The van der Waals surface area contributed by atoms with Crippen LogP contribution in [0.4, 0.5) is 18.9 Å². The van der Waals surface area contributed by atoms with Crippen molar-refractivity contribution in [1.82, 2.24) is 0 Å². The van der Waals surface area contributed by atoms with Crippen molar-refractivity contribution in [2.45, 2.75) is 5.51 Å². The minimum atomic E-state index is -5.71. The van der Waals surface area contributed by atoms with Crippen LogP contribution in [0.15, 0.2) is 36.4 Å². The summed E-state index contributed by atoms with van der Waals surface area (Å²) in [5, 5.41) is 1.32. The second-order valence-corrected chi connectivity index (χ2v) is 7.06. The van der Waals surface area contributed by atoms with Crippen molar-refractivity contribution in [3.05, 3.63) is 36.4 Å². The molecule has 3 aromatic rings. The second kappa shape index (κ2) is 4.75. The zero-order valence-corrected chi connectivity index (χ0v) is 12.3. The summed E-state index contributed by atoms with van der Waals surface area (Å²) < 4.78 is 65.0. The van der Waals surface area contributed by atoms with Crippen molar-refractivity contribution in [3.63, 3.8) is 0 Å². The van der Waals surface area contributed by atoms with Gasteiger partial charge in [-0.2, -0.15) is 21.6 Å². The third kappa shape index (κ3) is 2.35. The molecule has 22 heavy (non-hydrogen) atoms. The van der Waals surface area contributed by atoms with Crippen molar-refractivity contribution in [3.8, 4) is 5.75 Å². The summed E-state index contributed by atoms with van der Waals surface area (Å²) in [4.78, 5) is 0. The molecule has 0 radical (unpaired) electrons. The molecule has 3 rings (SSSR count). The molecular weight excluding hydrogens is 339 g/mol. The van der Waals surface area contributed by atoms with Crippen LogP contribution in [0.1, 0.15) is 0 Å². The topological polar surface area (TPSA) is 69.4 Å². The van der Waals surface area contributed by atoms with Crippen LogP contribution in [0.25, 0.3) is 20.2 Å². The maximum absolute atomic E-state index is 12.5. The van der Waals surface area contributed by atoms with Crippen LogP contribution < -0.4 is 9.92 Å². The standard InChI is InChI=1S/C13H8F3NO3S2/c14-13(15,16)22(18,19)20-10-3-1-2-8-9-6-7(17)4-5-11(9)21-12(8)10/h1-6H,17H2. The number of hydrogen-bond donors (Lipinski definition) is 1. The Hall–Kier alpha value is -2.00. The van der Waals surface area contributed by atoms with Gasteiger partial charge < -0.3 is 9.92 Å². The Balaban J connectivity index is 2.22. The molecule has 0 amide bonds. The average Bonchev–Trinajstić information content (AvgIpc) is 2.76. The van der Waals surface area contributed by atoms with Crippen molar-refractivity contribution in [1.29, 1.82) is 0 Å². The van der Waals surface area contributed by atoms with E-state index in [2.05, 4.69) is 4.18 Å². The highest BCUT2D eigenvalue weighted by atomic mass is 32.2. The van der Waals surface area contributed by atoms with E-state index in [-0.39, 0.29) is 5.75 Å². The molecule has 1 aromatic heterocycles. The van der Waals surface area contributed by atoms with E-state index >= 15 is 0 Å². The van der Waals surface area contributed by atoms with Crippen LogP contribution in [0.2, 0.25) is 0 Å². The van der Waals surface area contributed by atoms with E-state index in [1.165, 1.54) is 12.1 Å². The van der Waals surface area contributed by atoms with Gasteiger partial charge in [-0.15, -0.1) is 11.3 Å². The fourth-order valence-corrected chi connectivity index (χ4v) is 3.68. The van der Waals surface area contributed by atoms with Gasteiger partial charge in [0.05, 0.1) is 4.70 Å². The molecular formula is C13H8F3NO3S2. The number of fused-ring (bicyclic) bond motifs is 3. The summed E-state index contributed by atoms with van der Waals surface area (Å²) in [5.41, 5.74) is 0.725. The molecule has 0 bridgehead atoms. The van der Waals surface area contributed by atoms with Gasteiger partial charge in [-0.25, -0.2) is 0 Å². The Kier molecular flexibility index (Phi) is 3.22. The molecule has 4 nitrogen and oxygen atoms in total. The van der Waals surface area contributed by atoms with Crippen LogP contribution in [-0.2, 0) is 10.1 Å². The number of alkyl halides is 3. The summed E-state index contributed by atoms with van der Waals surface area (Å²) >= 11 is 1.14. The number of nitrogens with two attached hydrogens (primary N) is 1. The van der Waals surface area contributed by atoms with Gasteiger partial charge in [-0.1, -0.05) is 12.1 Å². The van der Waals surface area contributed by atoms with E-state index in [1.54, 1.807) is 24.3 Å². The average molecular weight is 347 g/mol. The molecule has 9 heteroatoms. The molecule has 0 aliphatic heterocycles. The van der Waals surface area contributed by atoms with Crippen LogP contribution >= 0.6 is 11.3 Å². The highest BCUT2D eigenvalue weighted by molar-refractivity contribution is 7.88. The van der Waals surface area contributed by atoms with Crippen LogP contribution in [0, 0.1) is 0 Å². The fourth-order valence-electron chi connectivity index (χ4n) is 2.02. The van der Waals surface area contributed by atoms with Gasteiger partial charge >= 0.3 is 15.6 Å². The lowest BCUT2D eigenvalue weighted by Gasteiger charge is -2.09. The molecule has 0 unspecified atom stereocenters. The number of hydrogen-bond acceptors (Lipinski definition) is 5. The zero-order valence-electron chi connectivity index (χ0n) is 10.7.